The number of hydrogen-bond donors (Lipinski definition) is 2. The van der Waals surface area contributed by atoms with Gasteiger partial charge < -0.3 is 19.9 Å². The van der Waals surface area contributed by atoms with Crippen LogP contribution in [0.15, 0.2) is 77.8 Å². The van der Waals surface area contributed by atoms with Crippen molar-refractivity contribution in [2.75, 3.05) is 20.7 Å². The first-order valence-electron chi connectivity index (χ1n) is 14.2. The molecule has 0 radical (unpaired) electrons. The third kappa shape index (κ3) is 5.37. The first-order valence-corrected chi connectivity index (χ1v) is 15.6. The van der Waals surface area contributed by atoms with E-state index in [0.717, 1.165) is 53.6 Å². The lowest BCUT2D eigenvalue weighted by atomic mass is 9.86. The molecule has 0 bridgehead atoms. The van der Waals surface area contributed by atoms with Gasteiger partial charge in [-0.15, -0.1) is 0 Å². The number of ether oxygens (including phenoxy) is 1. The van der Waals surface area contributed by atoms with Gasteiger partial charge in [-0.3, -0.25) is 4.79 Å². The normalized spacial score (nSPS) is 19.0. The van der Waals surface area contributed by atoms with Gasteiger partial charge in [-0.05, 0) is 90.2 Å². The Morgan fingerprint density at radius 2 is 1.85 bits per heavy atom. The molecule has 3 aromatic carbocycles. The summed E-state index contributed by atoms with van der Waals surface area (Å²) in [5.74, 6) is 0.572. The molecule has 0 spiro atoms. The average Bonchev–Trinajstić information content (AvgIpc) is 3.46. The zero-order chi connectivity index (χ0) is 28.6. The Labute approximate surface area is 241 Å². The summed E-state index contributed by atoms with van der Waals surface area (Å²) < 4.78 is 37.0. The molecule has 1 amide bonds. The van der Waals surface area contributed by atoms with Gasteiger partial charge in [0.05, 0.1) is 24.1 Å². The number of amides is 1. The van der Waals surface area contributed by atoms with E-state index in [4.69, 9.17) is 4.74 Å². The number of aromatic nitrogens is 1. The first kappa shape index (κ1) is 27.5. The van der Waals surface area contributed by atoms with E-state index in [1.54, 1.807) is 19.2 Å². The molecular formula is C32H36N4O4S. The minimum absolute atomic E-state index is 0.0533. The second-order valence-corrected chi connectivity index (χ2v) is 12.8. The SMILES string of the molecule is CNCc1ccc2c(c1)CCCC2NC(=O)CC1c2cccn2CCN1S(=O)(=O)c1ccc2cc(OC)ccc2c1. The van der Waals surface area contributed by atoms with E-state index in [2.05, 4.69) is 33.4 Å². The van der Waals surface area contributed by atoms with Gasteiger partial charge in [-0.1, -0.05) is 30.3 Å². The van der Waals surface area contributed by atoms with Crippen LogP contribution < -0.4 is 15.4 Å². The third-order valence-corrected chi connectivity index (χ3v) is 10.3. The Bertz CT molecular complexity index is 1700. The van der Waals surface area contributed by atoms with E-state index in [9.17, 15) is 13.2 Å². The van der Waals surface area contributed by atoms with Crippen LogP contribution >= 0.6 is 0 Å². The van der Waals surface area contributed by atoms with Gasteiger partial charge in [-0.25, -0.2) is 8.42 Å². The molecule has 8 nitrogen and oxygen atoms in total. The van der Waals surface area contributed by atoms with Gasteiger partial charge in [0.1, 0.15) is 5.75 Å². The van der Waals surface area contributed by atoms with Crippen molar-refractivity contribution in [1.82, 2.24) is 19.5 Å². The molecule has 0 saturated heterocycles. The van der Waals surface area contributed by atoms with Crippen LogP contribution in [-0.2, 0) is 34.3 Å². The predicted molar refractivity (Wildman–Crippen MR) is 159 cm³/mol. The van der Waals surface area contributed by atoms with Crippen LogP contribution in [0.5, 0.6) is 5.75 Å². The molecule has 2 N–H and O–H groups in total. The number of methoxy groups -OCH3 is 1. The number of fused-ring (bicyclic) bond motifs is 3. The highest BCUT2D eigenvalue weighted by molar-refractivity contribution is 7.89. The first-order chi connectivity index (χ1) is 19.9. The molecule has 214 valence electrons. The monoisotopic (exact) mass is 572 g/mol. The highest BCUT2D eigenvalue weighted by Gasteiger charge is 2.38. The number of benzene rings is 3. The summed E-state index contributed by atoms with van der Waals surface area (Å²) in [7, 11) is -0.330. The zero-order valence-corrected chi connectivity index (χ0v) is 24.3. The standard InChI is InChI=1S/C32H36N4O4S/c1-33-21-22-8-13-28-25(17-22)5-3-6-29(28)34-32(37)20-31-30-7-4-14-35(30)15-16-36(31)41(38,39)27-12-10-23-18-26(40-2)11-9-24(23)19-27/h4,7-14,17-19,29,31,33H,3,5-6,15-16,20-21H2,1-2H3,(H,34,37). The average molecular weight is 573 g/mol. The van der Waals surface area contributed by atoms with Crippen molar-refractivity contribution in [3.63, 3.8) is 0 Å². The Balaban J connectivity index is 1.26. The molecule has 1 aliphatic carbocycles. The number of aryl methyl sites for hydroxylation is 1. The van der Waals surface area contributed by atoms with E-state index >= 15 is 0 Å². The van der Waals surface area contributed by atoms with Gasteiger partial charge in [0.2, 0.25) is 15.9 Å². The largest absolute Gasteiger partial charge is 0.497 e. The molecule has 4 aromatic rings. The van der Waals surface area contributed by atoms with Crippen molar-refractivity contribution >= 4 is 26.7 Å². The van der Waals surface area contributed by atoms with Gasteiger partial charge in [-0.2, -0.15) is 4.31 Å². The highest BCUT2D eigenvalue weighted by Crippen LogP contribution is 2.36. The van der Waals surface area contributed by atoms with Crippen molar-refractivity contribution in [1.29, 1.82) is 0 Å². The van der Waals surface area contributed by atoms with E-state index in [-0.39, 0.29) is 23.3 Å². The van der Waals surface area contributed by atoms with E-state index < -0.39 is 16.1 Å². The molecule has 2 aliphatic rings. The lowest BCUT2D eigenvalue weighted by molar-refractivity contribution is -0.123. The minimum atomic E-state index is -3.87. The highest BCUT2D eigenvalue weighted by atomic mass is 32.2. The van der Waals surface area contributed by atoms with Crippen LogP contribution in [-0.4, -0.2) is 43.9 Å². The Morgan fingerprint density at radius 1 is 1.02 bits per heavy atom. The van der Waals surface area contributed by atoms with E-state index in [1.807, 2.05) is 49.6 Å². The molecule has 2 heterocycles. The summed E-state index contributed by atoms with van der Waals surface area (Å²) in [6.45, 7) is 1.64. The summed E-state index contributed by atoms with van der Waals surface area (Å²) in [6, 6.07) is 20.4. The smallest absolute Gasteiger partial charge is 0.243 e. The molecular weight excluding hydrogens is 536 g/mol. The minimum Gasteiger partial charge on any atom is -0.497 e. The number of carbonyl (C=O) groups excluding carboxylic acids is 1. The maximum atomic E-state index is 14.1. The van der Waals surface area contributed by atoms with Gasteiger partial charge in [0.15, 0.2) is 0 Å². The van der Waals surface area contributed by atoms with Crippen LogP contribution in [0.1, 0.15) is 53.7 Å². The van der Waals surface area contributed by atoms with Crippen molar-refractivity contribution in [3.8, 4) is 5.75 Å². The molecule has 2 unspecified atom stereocenters. The van der Waals surface area contributed by atoms with Gasteiger partial charge >= 0.3 is 0 Å². The number of hydrogen-bond acceptors (Lipinski definition) is 5. The van der Waals surface area contributed by atoms with Crippen LogP contribution in [0.4, 0.5) is 0 Å². The number of carbonyl (C=O) groups is 1. The topological polar surface area (TPSA) is 92.7 Å². The fourth-order valence-corrected chi connectivity index (χ4v) is 7.95. The Kier molecular flexibility index (Phi) is 7.59. The number of nitrogens with zero attached hydrogens (tertiary/aromatic N) is 2. The molecule has 1 aliphatic heterocycles. The maximum Gasteiger partial charge on any atom is 0.243 e. The van der Waals surface area contributed by atoms with Crippen LogP contribution in [0, 0.1) is 0 Å². The molecule has 41 heavy (non-hydrogen) atoms. The lowest BCUT2D eigenvalue weighted by Crippen LogP contribution is -2.44. The van der Waals surface area contributed by atoms with Crippen LogP contribution in [0.25, 0.3) is 10.8 Å². The lowest BCUT2D eigenvalue weighted by Gasteiger charge is -2.36. The second kappa shape index (κ2) is 11.3. The van der Waals surface area contributed by atoms with E-state index in [1.165, 1.54) is 15.4 Å². The quantitative estimate of drug-likeness (QED) is 0.319. The second-order valence-electron chi connectivity index (χ2n) is 10.9. The van der Waals surface area contributed by atoms with Crippen molar-refractivity contribution in [2.24, 2.45) is 0 Å². The van der Waals surface area contributed by atoms with Gasteiger partial charge in [0.25, 0.3) is 0 Å². The summed E-state index contributed by atoms with van der Waals surface area (Å²) in [5, 5.41) is 8.16. The fraction of sp³-hybridized carbons (Fsp3) is 0.344. The molecule has 0 saturated carbocycles. The number of rotatable bonds is 8. The van der Waals surface area contributed by atoms with Crippen molar-refractivity contribution < 1.29 is 17.9 Å². The molecule has 0 fully saturated rings. The Morgan fingerprint density at radius 3 is 2.68 bits per heavy atom. The van der Waals surface area contributed by atoms with Crippen molar-refractivity contribution in [3.05, 3.63) is 95.3 Å². The summed E-state index contributed by atoms with van der Waals surface area (Å²) in [4.78, 5) is 13.8. The van der Waals surface area contributed by atoms with Crippen LogP contribution in [0.2, 0.25) is 0 Å². The molecule has 9 heteroatoms. The molecule has 2 atom stereocenters. The third-order valence-electron chi connectivity index (χ3n) is 8.36. The Hall–Kier alpha value is -3.66. The predicted octanol–water partition coefficient (Wildman–Crippen LogP) is 4.70. The van der Waals surface area contributed by atoms with Gasteiger partial charge in [0, 0.05) is 37.9 Å². The van der Waals surface area contributed by atoms with Crippen LogP contribution in [0.3, 0.4) is 0 Å². The maximum absolute atomic E-state index is 14.1. The zero-order valence-electron chi connectivity index (χ0n) is 23.5. The summed E-state index contributed by atoms with van der Waals surface area (Å²) >= 11 is 0. The number of nitrogens with one attached hydrogen (secondary N) is 2. The molecule has 1 aromatic heterocycles. The summed E-state index contributed by atoms with van der Waals surface area (Å²) in [5.41, 5.74) is 4.50. The van der Waals surface area contributed by atoms with E-state index in [0.29, 0.717) is 13.1 Å². The molecule has 6 rings (SSSR count). The fourth-order valence-electron chi connectivity index (χ4n) is 6.32. The van der Waals surface area contributed by atoms with Crippen molar-refractivity contribution in [2.45, 2.75) is 55.8 Å². The summed E-state index contributed by atoms with van der Waals surface area (Å²) in [6.07, 6.45) is 4.88. The number of sulfonamides is 1.